The zero-order chi connectivity index (χ0) is 11.1. The number of para-hydroxylation sites is 1. The summed E-state index contributed by atoms with van der Waals surface area (Å²) in [6, 6.07) is 7.63. The standard InChI is InChI=1S/C11H14BrNO2/c1-15-8-9-4-2-3-5-10(9)13-11(14)6-7-12/h2-5H,6-8H2,1H3,(H,13,14). The van der Waals surface area contributed by atoms with Gasteiger partial charge >= 0.3 is 0 Å². The Morgan fingerprint density at radius 2 is 2.20 bits per heavy atom. The topological polar surface area (TPSA) is 38.3 Å². The van der Waals surface area contributed by atoms with Gasteiger partial charge in [-0.1, -0.05) is 34.1 Å². The number of methoxy groups -OCH3 is 1. The number of rotatable bonds is 5. The first-order valence-corrected chi connectivity index (χ1v) is 5.82. The van der Waals surface area contributed by atoms with Crippen molar-refractivity contribution in [3.63, 3.8) is 0 Å². The lowest BCUT2D eigenvalue weighted by Crippen LogP contribution is -2.13. The second-order valence-electron chi connectivity index (χ2n) is 3.08. The number of amides is 1. The maximum absolute atomic E-state index is 11.4. The summed E-state index contributed by atoms with van der Waals surface area (Å²) in [5.41, 5.74) is 1.81. The molecule has 0 spiro atoms. The Morgan fingerprint density at radius 1 is 1.47 bits per heavy atom. The lowest BCUT2D eigenvalue weighted by Gasteiger charge is -2.09. The Labute approximate surface area is 97.9 Å². The molecule has 0 bridgehead atoms. The Bertz CT molecular complexity index is 328. The zero-order valence-corrected chi connectivity index (χ0v) is 10.2. The Morgan fingerprint density at radius 3 is 2.87 bits per heavy atom. The van der Waals surface area contributed by atoms with Gasteiger partial charge in [-0.3, -0.25) is 4.79 Å². The first-order valence-electron chi connectivity index (χ1n) is 4.70. The highest BCUT2D eigenvalue weighted by atomic mass is 79.9. The van der Waals surface area contributed by atoms with E-state index < -0.39 is 0 Å². The lowest BCUT2D eigenvalue weighted by atomic mass is 10.2. The summed E-state index contributed by atoms with van der Waals surface area (Å²) < 4.78 is 5.05. The van der Waals surface area contributed by atoms with Gasteiger partial charge in [0.25, 0.3) is 0 Å². The van der Waals surface area contributed by atoms with Crippen LogP contribution >= 0.6 is 15.9 Å². The molecule has 0 aromatic heterocycles. The van der Waals surface area contributed by atoms with Gasteiger partial charge in [0.05, 0.1) is 6.61 Å². The Kier molecular flexibility index (Phi) is 5.36. The molecule has 1 amide bonds. The van der Waals surface area contributed by atoms with Crippen molar-refractivity contribution in [2.75, 3.05) is 17.8 Å². The molecule has 15 heavy (non-hydrogen) atoms. The fourth-order valence-electron chi connectivity index (χ4n) is 1.22. The van der Waals surface area contributed by atoms with Gasteiger partial charge in [0, 0.05) is 30.1 Å². The minimum absolute atomic E-state index is 0.00966. The summed E-state index contributed by atoms with van der Waals surface area (Å²) in [5.74, 6) is 0.00966. The average molecular weight is 272 g/mol. The minimum atomic E-state index is 0.00966. The first kappa shape index (κ1) is 12.2. The number of nitrogens with one attached hydrogen (secondary N) is 1. The molecule has 0 saturated heterocycles. The summed E-state index contributed by atoms with van der Waals surface area (Å²) in [4.78, 5) is 11.4. The van der Waals surface area contributed by atoms with Gasteiger partial charge in [0.15, 0.2) is 0 Å². The third-order valence-electron chi connectivity index (χ3n) is 1.91. The molecule has 0 aliphatic heterocycles. The van der Waals surface area contributed by atoms with E-state index in [1.54, 1.807) is 7.11 Å². The van der Waals surface area contributed by atoms with Gasteiger partial charge in [0.1, 0.15) is 0 Å². The predicted molar refractivity (Wildman–Crippen MR) is 64.2 cm³/mol. The molecule has 0 heterocycles. The van der Waals surface area contributed by atoms with Crippen molar-refractivity contribution < 1.29 is 9.53 Å². The van der Waals surface area contributed by atoms with E-state index in [1.807, 2.05) is 24.3 Å². The van der Waals surface area contributed by atoms with Crippen molar-refractivity contribution in [3.05, 3.63) is 29.8 Å². The molecule has 82 valence electrons. The van der Waals surface area contributed by atoms with Crippen LogP contribution in [-0.2, 0) is 16.1 Å². The van der Waals surface area contributed by atoms with Crippen LogP contribution in [0.5, 0.6) is 0 Å². The average Bonchev–Trinajstić information content (AvgIpc) is 2.21. The molecule has 0 aliphatic carbocycles. The van der Waals surface area contributed by atoms with E-state index in [2.05, 4.69) is 21.2 Å². The summed E-state index contributed by atoms with van der Waals surface area (Å²) in [6.45, 7) is 0.505. The number of hydrogen-bond acceptors (Lipinski definition) is 2. The fourth-order valence-corrected chi connectivity index (χ4v) is 1.58. The van der Waals surface area contributed by atoms with Crippen molar-refractivity contribution in [1.82, 2.24) is 0 Å². The second kappa shape index (κ2) is 6.58. The SMILES string of the molecule is COCc1ccccc1NC(=O)CCBr. The third-order valence-corrected chi connectivity index (χ3v) is 2.31. The van der Waals surface area contributed by atoms with Crippen molar-refractivity contribution in [2.24, 2.45) is 0 Å². The van der Waals surface area contributed by atoms with E-state index in [4.69, 9.17) is 4.74 Å². The smallest absolute Gasteiger partial charge is 0.225 e. The molecule has 1 rings (SSSR count). The van der Waals surface area contributed by atoms with Gasteiger partial charge in [0.2, 0.25) is 5.91 Å². The van der Waals surface area contributed by atoms with E-state index in [0.717, 1.165) is 11.3 Å². The highest BCUT2D eigenvalue weighted by molar-refractivity contribution is 9.09. The maximum Gasteiger partial charge on any atom is 0.225 e. The van der Waals surface area contributed by atoms with Gasteiger partial charge in [-0.2, -0.15) is 0 Å². The van der Waals surface area contributed by atoms with Crippen LogP contribution in [-0.4, -0.2) is 18.3 Å². The van der Waals surface area contributed by atoms with Crippen LogP contribution < -0.4 is 5.32 Å². The van der Waals surface area contributed by atoms with Crippen molar-refractivity contribution >= 4 is 27.5 Å². The molecule has 1 aromatic carbocycles. The molecular formula is C11H14BrNO2. The third kappa shape index (κ3) is 4.01. The van der Waals surface area contributed by atoms with Gasteiger partial charge in [-0.15, -0.1) is 0 Å². The van der Waals surface area contributed by atoms with Crippen molar-refractivity contribution in [3.8, 4) is 0 Å². The Balaban J connectivity index is 2.70. The monoisotopic (exact) mass is 271 g/mol. The van der Waals surface area contributed by atoms with Crippen LogP contribution in [0, 0.1) is 0 Å². The molecule has 4 heteroatoms. The fraction of sp³-hybridized carbons (Fsp3) is 0.364. The van der Waals surface area contributed by atoms with Crippen molar-refractivity contribution in [1.29, 1.82) is 0 Å². The number of carbonyl (C=O) groups excluding carboxylic acids is 1. The van der Waals surface area contributed by atoms with Gasteiger partial charge in [-0.05, 0) is 6.07 Å². The molecule has 0 unspecified atom stereocenters. The maximum atomic E-state index is 11.4. The summed E-state index contributed by atoms with van der Waals surface area (Å²) in [7, 11) is 1.64. The van der Waals surface area contributed by atoms with E-state index in [1.165, 1.54) is 0 Å². The predicted octanol–water partition coefficient (Wildman–Crippen LogP) is 2.56. The summed E-state index contributed by atoms with van der Waals surface area (Å²) in [6.07, 6.45) is 0.474. The number of benzene rings is 1. The highest BCUT2D eigenvalue weighted by Crippen LogP contribution is 2.16. The van der Waals surface area contributed by atoms with E-state index in [9.17, 15) is 4.79 Å². The molecule has 0 saturated carbocycles. The van der Waals surface area contributed by atoms with E-state index >= 15 is 0 Å². The molecule has 0 atom stereocenters. The molecule has 0 fully saturated rings. The van der Waals surface area contributed by atoms with Crippen molar-refractivity contribution in [2.45, 2.75) is 13.0 Å². The van der Waals surface area contributed by atoms with Gasteiger partial charge in [-0.25, -0.2) is 0 Å². The molecule has 3 nitrogen and oxygen atoms in total. The van der Waals surface area contributed by atoms with Crippen LogP contribution in [0.3, 0.4) is 0 Å². The number of halogens is 1. The molecule has 1 aromatic rings. The summed E-state index contributed by atoms with van der Waals surface area (Å²) >= 11 is 3.23. The van der Waals surface area contributed by atoms with E-state index in [-0.39, 0.29) is 5.91 Å². The number of ether oxygens (including phenoxy) is 1. The number of anilines is 1. The van der Waals surface area contributed by atoms with Crippen LogP contribution in [0.25, 0.3) is 0 Å². The normalized spacial score (nSPS) is 10.0. The molecule has 0 radical (unpaired) electrons. The number of hydrogen-bond donors (Lipinski definition) is 1. The molecular weight excluding hydrogens is 258 g/mol. The van der Waals surface area contributed by atoms with Crippen LogP contribution in [0.4, 0.5) is 5.69 Å². The minimum Gasteiger partial charge on any atom is -0.380 e. The lowest BCUT2D eigenvalue weighted by molar-refractivity contribution is -0.115. The first-order chi connectivity index (χ1) is 7.27. The second-order valence-corrected chi connectivity index (χ2v) is 3.87. The van der Waals surface area contributed by atoms with Crippen LogP contribution in [0.1, 0.15) is 12.0 Å². The van der Waals surface area contributed by atoms with E-state index in [0.29, 0.717) is 18.4 Å². The summed E-state index contributed by atoms with van der Waals surface area (Å²) in [5, 5.41) is 3.52. The zero-order valence-electron chi connectivity index (χ0n) is 8.63. The molecule has 0 aliphatic rings. The highest BCUT2D eigenvalue weighted by Gasteiger charge is 2.05. The van der Waals surface area contributed by atoms with Gasteiger partial charge < -0.3 is 10.1 Å². The van der Waals surface area contributed by atoms with Crippen LogP contribution in [0.15, 0.2) is 24.3 Å². The molecule has 1 N–H and O–H groups in total. The number of alkyl halides is 1. The Hall–Kier alpha value is -0.870. The largest absolute Gasteiger partial charge is 0.380 e. The quantitative estimate of drug-likeness (QED) is 0.836. The van der Waals surface area contributed by atoms with Crippen LogP contribution in [0.2, 0.25) is 0 Å². The number of carbonyl (C=O) groups is 1.